The van der Waals surface area contributed by atoms with Gasteiger partial charge in [-0.15, -0.1) is 0 Å². The molecule has 0 aliphatic heterocycles. The van der Waals surface area contributed by atoms with Gasteiger partial charge in [0.15, 0.2) is 16.4 Å². The van der Waals surface area contributed by atoms with Crippen LogP contribution in [-0.4, -0.2) is 54.8 Å². The van der Waals surface area contributed by atoms with Crippen molar-refractivity contribution in [1.29, 1.82) is 0 Å². The number of carbonyl (C=O) groups is 3. The zero-order chi connectivity index (χ0) is 25.5. The van der Waals surface area contributed by atoms with Gasteiger partial charge in [0.05, 0.1) is 19.8 Å². The summed E-state index contributed by atoms with van der Waals surface area (Å²) in [7, 11) is -3.92. The number of rotatable bonds is 12. The van der Waals surface area contributed by atoms with Crippen LogP contribution < -0.4 is 21.4 Å². The van der Waals surface area contributed by atoms with Gasteiger partial charge >= 0.3 is 17.9 Å². The molecule has 12 nitrogen and oxygen atoms in total. The van der Waals surface area contributed by atoms with E-state index in [1.807, 2.05) is 0 Å². The molecule has 0 bridgehead atoms. The van der Waals surface area contributed by atoms with Crippen molar-refractivity contribution in [1.82, 2.24) is 15.2 Å². The summed E-state index contributed by atoms with van der Waals surface area (Å²) in [5, 5.41) is 5.48. The first-order chi connectivity index (χ1) is 16.1. The fraction of sp³-hybridized carbons (Fsp3) is 0.500. The van der Waals surface area contributed by atoms with E-state index in [1.54, 1.807) is 20.8 Å². The number of ether oxygens (including phenoxy) is 3. The molecule has 0 aromatic carbocycles. The third-order valence-electron chi connectivity index (χ3n) is 4.27. The molecular weight excluding hydrogens is 487 g/mol. The Morgan fingerprint density at radius 1 is 1.03 bits per heavy atom. The maximum absolute atomic E-state index is 14.0. The largest absolute Gasteiger partial charge is 0.465 e. The Morgan fingerprint density at radius 2 is 1.56 bits per heavy atom. The lowest BCUT2D eigenvalue weighted by atomic mass is 10.3. The van der Waals surface area contributed by atoms with E-state index in [0.717, 1.165) is 11.3 Å². The quantitative estimate of drug-likeness (QED) is 0.213. The second-order valence-corrected chi connectivity index (χ2v) is 10.1. The standard InChI is InChI=1S/C20H29N4O8PS/c1-6-29-17(25)11(4)23-33(28,24-12(5)18(26)30-7-2)14-10-9-13(32-14)15-16(19(27)31-8-3)34-20(21)22-15/h9-12H,6-8H2,1-5H3,(H2,21,22)(H2,23,24,28)/t11-,12-/m0/s1. The van der Waals surface area contributed by atoms with Crippen molar-refractivity contribution in [3.63, 3.8) is 0 Å². The highest BCUT2D eigenvalue weighted by Gasteiger charge is 2.36. The smallest absolute Gasteiger partial charge is 0.350 e. The molecule has 4 N–H and O–H groups in total. The van der Waals surface area contributed by atoms with Crippen LogP contribution in [0.3, 0.4) is 0 Å². The van der Waals surface area contributed by atoms with Gasteiger partial charge in [0.2, 0.25) is 0 Å². The number of nitrogens with zero attached hydrogens (tertiary/aromatic N) is 1. The maximum atomic E-state index is 14.0. The molecule has 0 aliphatic rings. The van der Waals surface area contributed by atoms with Gasteiger partial charge in [0, 0.05) is 0 Å². The Hall–Kier alpha value is -2.73. The molecule has 14 heteroatoms. The fourth-order valence-corrected chi connectivity index (χ4v) is 5.69. The van der Waals surface area contributed by atoms with Gasteiger partial charge in [-0.25, -0.2) is 20.0 Å². The molecule has 0 fully saturated rings. The molecule has 0 unspecified atom stereocenters. The third kappa shape index (κ3) is 6.66. The Morgan fingerprint density at radius 3 is 2.06 bits per heavy atom. The molecule has 2 atom stereocenters. The molecule has 0 spiro atoms. The Bertz CT molecular complexity index is 1040. The maximum Gasteiger partial charge on any atom is 0.350 e. The van der Waals surface area contributed by atoms with Crippen molar-refractivity contribution in [3.05, 3.63) is 17.0 Å². The van der Waals surface area contributed by atoms with E-state index in [4.69, 9.17) is 24.4 Å². The van der Waals surface area contributed by atoms with E-state index >= 15 is 0 Å². The van der Waals surface area contributed by atoms with Crippen molar-refractivity contribution in [2.45, 2.75) is 46.7 Å². The highest BCUT2D eigenvalue weighted by atomic mass is 32.1. The van der Waals surface area contributed by atoms with Crippen LogP contribution in [0.2, 0.25) is 0 Å². The molecule has 2 heterocycles. The Balaban J connectivity index is 2.45. The minimum Gasteiger partial charge on any atom is -0.465 e. The molecule has 0 aliphatic carbocycles. The molecule has 0 saturated carbocycles. The molecule has 2 rings (SSSR count). The van der Waals surface area contributed by atoms with Crippen molar-refractivity contribution in [3.8, 4) is 11.5 Å². The Kier molecular flexibility index (Phi) is 9.80. The highest BCUT2D eigenvalue weighted by Crippen LogP contribution is 2.39. The first kappa shape index (κ1) is 27.5. The van der Waals surface area contributed by atoms with Crippen LogP contribution in [0, 0.1) is 0 Å². The molecule has 2 aromatic rings. The summed E-state index contributed by atoms with van der Waals surface area (Å²) in [5.74, 6) is -1.81. The van der Waals surface area contributed by atoms with Gasteiger partial charge in [-0.05, 0) is 46.8 Å². The van der Waals surface area contributed by atoms with Crippen LogP contribution in [0.25, 0.3) is 11.5 Å². The van der Waals surface area contributed by atoms with E-state index in [1.165, 1.54) is 26.0 Å². The summed E-state index contributed by atoms with van der Waals surface area (Å²) in [6, 6.07) is 0.820. The molecule has 2 aromatic heterocycles. The fourth-order valence-electron chi connectivity index (χ4n) is 2.81. The van der Waals surface area contributed by atoms with E-state index in [9.17, 15) is 18.9 Å². The SMILES string of the molecule is CCOC(=O)c1sc(N)nc1-c1ccc(P(=O)(N[C@@H](C)C(=O)OCC)N[C@@H](C)C(=O)OCC)o1. The summed E-state index contributed by atoms with van der Waals surface area (Å²) in [6.07, 6.45) is 0. The number of nitrogens with two attached hydrogens (primary N) is 1. The van der Waals surface area contributed by atoms with Gasteiger partial charge < -0.3 is 24.4 Å². The number of hydrogen-bond acceptors (Lipinski definition) is 11. The average Bonchev–Trinajstić information content (AvgIpc) is 3.41. The van der Waals surface area contributed by atoms with E-state index < -0.39 is 37.4 Å². The van der Waals surface area contributed by atoms with Gasteiger partial charge in [-0.1, -0.05) is 11.3 Å². The van der Waals surface area contributed by atoms with E-state index in [-0.39, 0.29) is 46.8 Å². The highest BCUT2D eigenvalue weighted by molar-refractivity contribution is 7.67. The number of furan rings is 1. The van der Waals surface area contributed by atoms with Gasteiger partial charge in [0.1, 0.15) is 22.7 Å². The first-order valence-corrected chi connectivity index (χ1v) is 13.1. The minimum absolute atomic E-state index is 0.0994. The zero-order valence-electron chi connectivity index (χ0n) is 19.6. The molecular formula is C20H29N4O8PS. The topological polar surface area (TPSA) is 172 Å². The summed E-state index contributed by atoms with van der Waals surface area (Å²) in [5.41, 5.74) is 5.78. The number of hydrogen-bond donors (Lipinski definition) is 3. The monoisotopic (exact) mass is 516 g/mol. The van der Waals surface area contributed by atoms with Crippen LogP contribution in [0.4, 0.5) is 5.13 Å². The van der Waals surface area contributed by atoms with Crippen molar-refractivity contribution in [2.75, 3.05) is 25.6 Å². The minimum atomic E-state index is -3.92. The lowest BCUT2D eigenvalue weighted by molar-refractivity contribution is -0.145. The number of aromatic nitrogens is 1. The molecule has 34 heavy (non-hydrogen) atoms. The molecule has 188 valence electrons. The van der Waals surface area contributed by atoms with E-state index in [2.05, 4.69) is 15.2 Å². The second-order valence-electron chi connectivity index (χ2n) is 6.90. The van der Waals surface area contributed by atoms with Crippen molar-refractivity contribution in [2.24, 2.45) is 0 Å². The number of anilines is 1. The summed E-state index contributed by atoms with van der Waals surface area (Å²) in [6.45, 7) is 8.30. The van der Waals surface area contributed by atoms with Crippen LogP contribution in [-0.2, 0) is 28.4 Å². The van der Waals surface area contributed by atoms with Crippen LogP contribution in [0.5, 0.6) is 0 Å². The number of carbonyl (C=O) groups excluding carboxylic acids is 3. The number of esters is 3. The lowest BCUT2D eigenvalue weighted by Gasteiger charge is -2.24. The van der Waals surface area contributed by atoms with E-state index in [0.29, 0.717) is 0 Å². The van der Waals surface area contributed by atoms with Crippen LogP contribution in [0.15, 0.2) is 16.5 Å². The zero-order valence-corrected chi connectivity index (χ0v) is 21.3. The summed E-state index contributed by atoms with van der Waals surface area (Å²) >= 11 is 0.924. The number of nitrogen functional groups attached to an aromatic ring is 1. The predicted molar refractivity (Wildman–Crippen MR) is 126 cm³/mol. The molecule has 0 radical (unpaired) electrons. The first-order valence-electron chi connectivity index (χ1n) is 10.6. The summed E-state index contributed by atoms with van der Waals surface area (Å²) in [4.78, 5) is 40.8. The normalized spacial score (nSPS) is 13.2. The average molecular weight is 517 g/mol. The molecule has 0 saturated heterocycles. The molecule has 0 amide bonds. The van der Waals surface area contributed by atoms with Crippen molar-refractivity contribution < 1.29 is 37.6 Å². The van der Waals surface area contributed by atoms with Crippen LogP contribution >= 0.6 is 18.8 Å². The number of nitrogens with one attached hydrogen (secondary N) is 2. The van der Waals surface area contributed by atoms with Crippen LogP contribution in [0.1, 0.15) is 44.3 Å². The lowest BCUT2D eigenvalue weighted by Crippen LogP contribution is -2.44. The number of thiazole rings is 1. The van der Waals surface area contributed by atoms with Gasteiger partial charge in [-0.3, -0.25) is 14.2 Å². The van der Waals surface area contributed by atoms with Crippen molar-refractivity contribution >= 4 is 47.3 Å². The predicted octanol–water partition coefficient (Wildman–Crippen LogP) is 2.06. The summed E-state index contributed by atoms with van der Waals surface area (Å²) < 4.78 is 34.7. The van der Waals surface area contributed by atoms with Gasteiger partial charge in [-0.2, -0.15) is 0 Å². The second kappa shape index (κ2) is 12.1. The Labute approximate surface area is 201 Å². The van der Waals surface area contributed by atoms with Gasteiger partial charge in [0.25, 0.3) is 7.44 Å². The third-order valence-corrected chi connectivity index (χ3v) is 7.50.